The zero-order valence-corrected chi connectivity index (χ0v) is 15.7. The molecule has 3 aromatic heterocycles. The van der Waals surface area contributed by atoms with Crippen molar-refractivity contribution in [3.63, 3.8) is 0 Å². The maximum absolute atomic E-state index is 12.1. The minimum Gasteiger partial charge on any atom is -0.382 e. The standard InChI is InChI=1S/C20H20N8O/c21-18-16(13-2-1-3-14(10-13)27-8-6-22-7-9-27)11-28(26-18)19-17-15(4-5-23-19)20(29)25-12-24-17/h1-5,10-12,22H,6-9H2,(H2,21,26)(H,24,25,29). The third-order valence-corrected chi connectivity index (χ3v) is 5.14. The molecule has 1 aliphatic rings. The van der Waals surface area contributed by atoms with Gasteiger partial charge in [-0.1, -0.05) is 12.1 Å². The van der Waals surface area contributed by atoms with Crippen molar-refractivity contribution in [2.24, 2.45) is 0 Å². The molecule has 0 saturated carbocycles. The van der Waals surface area contributed by atoms with E-state index in [0.717, 1.165) is 43.0 Å². The van der Waals surface area contributed by atoms with Gasteiger partial charge in [-0.05, 0) is 23.8 Å². The molecule has 146 valence electrons. The zero-order chi connectivity index (χ0) is 19.8. The van der Waals surface area contributed by atoms with Crippen LogP contribution in [0, 0.1) is 0 Å². The van der Waals surface area contributed by atoms with Crippen molar-refractivity contribution in [1.82, 2.24) is 30.0 Å². The first-order valence-corrected chi connectivity index (χ1v) is 9.45. The van der Waals surface area contributed by atoms with Crippen LogP contribution in [0.3, 0.4) is 0 Å². The van der Waals surface area contributed by atoms with Crippen LogP contribution in [0.2, 0.25) is 0 Å². The lowest BCUT2D eigenvalue weighted by Crippen LogP contribution is -2.43. The van der Waals surface area contributed by atoms with Crippen molar-refractivity contribution in [3.8, 4) is 16.9 Å². The summed E-state index contributed by atoms with van der Waals surface area (Å²) >= 11 is 0. The highest BCUT2D eigenvalue weighted by Crippen LogP contribution is 2.30. The molecule has 0 radical (unpaired) electrons. The first kappa shape index (κ1) is 17.4. The molecule has 4 aromatic rings. The number of benzene rings is 1. The average Bonchev–Trinajstić information content (AvgIpc) is 3.16. The molecule has 4 N–H and O–H groups in total. The van der Waals surface area contributed by atoms with Gasteiger partial charge >= 0.3 is 0 Å². The fourth-order valence-electron chi connectivity index (χ4n) is 3.67. The van der Waals surface area contributed by atoms with Gasteiger partial charge in [-0.25, -0.2) is 14.6 Å². The van der Waals surface area contributed by atoms with Gasteiger partial charge in [0.2, 0.25) is 0 Å². The van der Waals surface area contributed by atoms with Crippen molar-refractivity contribution in [3.05, 3.63) is 59.4 Å². The van der Waals surface area contributed by atoms with Crippen molar-refractivity contribution in [1.29, 1.82) is 0 Å². The quantitative estimate of drug-likeness (QED) is 0.482. The Bertz CT molecular complexity index is 1240. The zero-order valence-electron chi connectivity index (χ0n) is 15.7. The van der Waals surface area contributed by atoms with Crippen LogP contribution in [-0.4, -0.2) is 50.9 Å². The van der Waals surface area contributed by atoms with Gasteiger partial charge in [0, 0.05) is 49.8 Å². The molecule has 29 heavy (non-hydrogen) atoms. The number of aromatic amines is 1. The van der Waals surface area contributed by atoms with Gasteiger partial charge in [-0.2, -0.15) is 0 Å². The van der Waals surface area contributed by atoms with E-state index in [1.165, 1.54) is 6.33 Å². The lowest BCUT2D eigenvalue weighted by Gasteiger charge is -2.29. The summed E-state index contributed by atoms with van der Waals surface area (Å²) in [5.74, 6) is 0.857. The number of hydrogen-bond donors (Lipinski definition) is 3. The molecule has 1 fully saturated rings. The number of anilines is 2. The van der Waals surface area contributed by atoms with Gasteiger partial charge in [0.25, 0.3) is 5.56 Å². The van der Waals surface area contributed by atoms with Crippen LogP contribution in [0.5, 0.6) is 0 Å². The number of pyridine rings is 1. The lowest BCUT2D eigenvalue weighted by atomic mass is 10.1. The van der Waals surface area contributed by atoms with E-state index in [4.69, 9.17) is 5.73 Å². The Morgan fingerprint density at radius 1 is 1.10 bits per heavy atom. The molecule has 1 saturated heterocycles. The summed E-state index contributed by atoms with van der Waals surface area (Å²) < 4.78 is 1.58. The van der Waals surface area contributed by atoms with E-state index in [-0.39, 0.29) is 5.56 Å². The van der Waals surface area contributed by atoms with E-state index in [2.05, 4.69) is 42.4 Å². The van der Waals surface area contributed by atoms with Gasteiger partial charge in [0.1, 0.15) is 5.52 Å². The van der Waals surface area contributed by atoms with Crippen LogP contribution in [0.15, 0.2) is 53.8 Å². The van der Waals surface area contributed by atoms with Gasteiger partial charge in [-0.15, -0.1) is 5.10 Å². The summed E-state index contributed by atoms with van der Waals surface area (Å²) in [6.07, 6.45) is 4.76. The molecule has 0 bridgehead atoms. The van der Waals surface area contributed by atoms with Crippen molar-refractivity contribution >= 4 is 22.4 Å². The number of hydrogen-bond acceptors (Lipinski definition) is 7. The molecule has 1 aromatic carbocycles. The number of piperazine rings is 1. The summed E-state index contributed by atoms with van der Waals surface area (Å²) in [5.41, 5.74) is 9.45. The Balaban J connectivity index is 1.57. The third kappa shape index (κ3) is 3.11. The van der Waals surface area contributed by atoms with Crippen molar-refractivity contribution in [2.45, 2.75) is 0 Å². The Morgan fingerprint density at radius 2 is 1.97 bits per heavy atom. The Morgan fingerprint density at radius 3 is 2.83 bits per heavy atom. The molecule has 0 unspecified atom stereocenters. The molecule has 0 aliphatic carbocycles. The van der Waals surface area contributed by atoms with Crippen molar-refractivity contribution in [2.75, 3.05) is 36.8 Å². The molecule has 0 atom stereocenters. The molecule has 0 amide bonds. The smallest absolute Gasteiger partial charge is 0.258 e. The fourth-order valence-corrected chi connectivity index (χ4v) is 3.67. The first-order valence-electron chi connectivity index (χ1n) is 9.45. The first-order chi connectivity index (χ1) is 14.2. The number of H-pyrrole nitrogens is 1. The molecule has 9 nitrogen and oxygen atoms in total. The molecule has 0 spiro atoms. The SMILES string of the molecule is Nc1nn(-c2nccc3c(=O)[nH]cnc23)cc1-c1cccc(N2CCNCC2)c1. The molecule has 5 rings (SSSR count). The second kappa shape index (κ2) is 7.02. The largest absolute Gasteiger partial charge is 0.382 e. The summed E-state index contributed by atoms with van der Waals surface area (Å²) in [7, 11) is 0. The highest BCUT2D eigenvalue weighted by atomic mass is 16.1. The van der Waals surface area contributed by atoms with Gasteiger partial charge in [-0.3, -0.25) is 4.79 Å². The number of aromatic nitrogens is 5. The summed E-state index contributed by atoms with van der Waals surface area (Å²) in [5, 5.41) is 8.26. The van der Waals surface area contributed by atoms with Crippen molar-refractivity contribution < 1.29 is 0 Å². The predicted octanol–water partition coefficient (Wildman–Crippen LogP) is 1.16. The minimum absolute atomic E-state index is 0.220. The second-order valence-corrected chi connectivity index (χ2v) is 6.92. The topological polar surface area (TPSA) is 118 Å². The van der Waals surface area contributed by atoms with Gasteiger partial charge < -0.3 is 20.9 Å². The molecule has 4 heterocycles. The van der Waals surface area contributed by atoms with Gasteiger partial charge in [0.05, 0.1) is 11.7 Å². The van der Waals surface area contributed by atoms with E-state index in [0.29, 0.717) is 22.5 Å². The monoisotopic (exact) mass is 388 g/mol. The normalized spacial score (nSPS) is 14.4. The molecule has 9 heteroatoms. The Kier molecular flexibility index (Phi) is 4.21. The van der Waals surface area contributed by atoms with E-state index in [1.54, 1.807) is 16.9 Å². The van der Waals surface area contributed by atoms with Crippen LogP contribution < -0.4 is 21.5 Å². The summed E-state index contributed by atoms with van der Waals surface area (Å²) in [4.78, 5) is 25.6. The number of nitrogens with two attached hydrogens (primary N) is 1. The lowest BCUT2D eigenvalue weighted by molar-refractivity contribution is 0.589. The highest BCUT2D eigenvalue weighted by molar-refractivity contribution is 5.84. The average molecular weight is 388 g/mol. The van der Waals surface area contributed by atoms with E-state index < -0.39 is 0 Å². The third-order valence-electron chi connectivity index (χ3n) is 5.14. The van der Waals surface area contributed by atoms with E-state index >= 15 is 0 Å². The number of nitrogens with one attached hydrogen (secondary N) is 2. The number of rotatable bonds is 3. The summed E-state index contributed by atoms with van der Waals surface area (Å²) in [6, 6.07) is 9.92. The Labute approximate surface area is 166 Å². The van der Waals surface area contributed by atoms with Crippen LogP contribution in [-0.2, 0) is 0 Å². The predicted molar refractivity (Wildman–Crippen MR) is 112 cm³/mol. The van der Waals surface area contributed by atoms with E-state index in [9.17, 15) is 4.79 Å². The number of fused-ring (bicyclic) bond motifs is 1. The van der Waals surface area contributed by atoms with Gasteiger partial charge in [0.15, 0.2) is 11.6 Å². The number of nitrogens with zero attached hydrogens (tertiary/aromatic N) is 5. The van der Waals surface area contributed by atoms with Crippen LogP contribution in [0.1, 0.15) is 0 Å². The van der Waals surface area contributed by atoms with E-state index in [1.807, 2.05) is 18.3 Å². The Hall–Kier alpha value is -3.72. The summed E-state index contributed by atoms with van der Waals surface area (Å²) in [6.45, 7) is 3.89. The van der Waals surface area contributed by atoms with Crippen LogP contribution in [0.4, 0.5) is 11.5 Å². The maximum atomic E-state index is 12.1. The number of nitrogen functional groups attached to an aromatic ring is 1. The van der Waals surface area contributed by atoms with Crippen LogP contribution >= 0.6 is 0 Å². The molecule has 1 aliphatic heterocycles. The fraction of sp³-hybridized carbons (Fsp3) is 0.200. The van der Waals surface area contributed by atoms with Crippen LogP contribution in [0.25, 0.3) is 27.8 Å². The second-order valence-electron chi connectivity index (χ2n) is 6.92. The maximum Gasteiger partial charge on any atom is 0.258 e. The minimum atomic E-state index is -0.220. The molecular formula is C20H20N8O. The molecular weight excluding hydrogens is 368 g/mol. The highest BCUT2D eigenvalue weighted by Gasteiger charge is 2.16.